The first-order valence-corrected chi connectivity index (χ1v) is 7.10. The average molecular weight is 227 g/mol. The molecule has 1 rings (SSSR count). The van der Waals surface area contributed by atoms with Crippen LogP contribution in [0.25, 0.3) is 0 Å². The molecule has 0 amide bonds. The van der Waals surface area contributed by atoms with E-state index in [2.05, 4.69) is 19.2 Å². The second-order valence-corrected chi connectivity index (χ2v) is 5.54. The van der Waals surface area contributed by atoms with Crippen molar-refractivity contribution < 1.29 is 5.11 Å². The molecule has 16 heavy (non-hydrogen) atoms. The molecule has 0 radical (unpaired) electrons. The molecule has 2 nitrogen and oxygen atoms in total. The summed E-state index contributed by atoms with van der Waals surface area (Å²) < 4.78 is 0. The zero-order valence-electron chi connectivity index (χ0n) is 11.0. The first kappa shape index (κ1) is 14.0. The van der Waals surface area contributed by atoms with Crippen LogP contribution in [0, 0.1) is 11.8 Å². The Morgan fingerprint density at radius 3 is 2.75 bits per heavy atom. The molecule has 2 heteroatoms. The maximum absolute atomic E-state index is 9.01. The van der Waals surface area contributed by atoms with Crippen LogP contribution in [0.15, 0.2) is 0 Å². The molecular weight excluding hydrogens is 198 g/mol. The highest BCUT2D eigenvalue weighted by Gasteiger charge is 2.19. The van der Waals surface area contributed by atoms with Crippen LogP contribution in [-0.2, 0) is 0 Å². The van der Waals surface area contributed by atoms with E-state index >= 15 is 0 Å². The fraction of sp³-hybridized carbons (Fsp3) is 1.00. The Kier molecular flexibility index (Phi) is 7.06. The third-order valence-corrected chi connectivity index (χ3v) is 3.87. The Balaban J connectivity index is 2.19. The van der Waals surface area contributed by atoms with Gasteiger partial charge in [0, 0.05) is 12.6 Å². The third-order valence-electron chi connectivity index (χ3n) is 3.87. The van der Waals surface area contributed by atoms with Crippen LogP contribution in [0.5, 0.6) is 0 Å². The number of rotatable bonds is 7. The van der Waals surface area contributed by atoms with E-state index < -0.39 is 0 Å². The molecule has 1 fully saturated rings. The highest BCUT2D eigenvalue weighted by Crippen LogP contribution is 2.23. The minimum Gasteiger partial charge on any atom is -0.396 e. The van der Waals surface area contributed by atoms with Crippen molar-refractivity contribution in [2.45, 2.75) is 64.8 Å². The molecule has 96 valence electrons. The highest BCUT2D eigenvalue weighted by atomic mass is 16.3. The zero-order valence-corrected chi connectivity index (χ0v) is 11.0. The second-order valence-electron chi connectivity index (χ2n) is 5.54. The van der Waals surface area contributed by atoms with Gasteiger partial charge in [-0.1, -0.05) is 33.1 Å². The Morgan fingerprint density at radius 2 is 2.12 bits per heavy atom. The normalized spacial score (nSPS) is 27.9. The Labute approximate surface area is 101 Å². The highest BCUT2D eigenvalue weighted by molar-refractivity contribution is 4.77. The summed E-state index contributed by atoms with van der Waals surface area (Å²) in [6, 6.07) is 0.738. The van der Waals surface area contributed by atoms with E-state index in [-0.39, 0.29) is 0 Å². The minimum absolute atomic E-state index is 0.341. The third kappa shape index (κ3) is 5.31. The molecule has 0 aromatic carbocycles. The fourth-order valence-electron chi connectivity index (χ4n) is 2.89. The maximum Gasteiger partial charge on any atom is 0.0434 e. The number of hydrogen-bond acceptors (Lipinski definition) is 2. The minimum atomic E-state index is 0.341. The summed E-state index contributed by atoms with van der Waals surface area (Å²) in [7, 11) is 0. The van der Waals surface area contributed by atoms with Crippen LogP contribution in [0.1, 0.15) is 58.8 Å². The molecule has 1 aliphatic rings. The molecule has 0 aromatic rings. The number of hydrogen-bond donors (Lipinski definition) is 2. The van der Waals surface area contributed by atoms with Gasteiger partial charge < -0.3 is 10.4 Å². The predicted octanol–water partition coefficient (Wildman–Crippen LogP) is 2.95. The Morgan fingerprint density at radius 1 is 1.31 bits per heavy atom. The van der Waals surface area contributed by atoms with Crippen LogP contribution >= 0.6 is 0 Å². The van der Waals surface area contributed by atoms with Crippen LogP contribution in [0.3, 0.4) is 0 Å². The smallest absolute Gasteiger partial charge is 0.0434 e. The first-order chi connectivity index (χ1) is 7.76. The van der Waals surface area contributed by atoms with Gasteiger partial charge in [0.2, 0.25) is 0 Å². The van der Waals surface area contributed by atoms with Gasteiger partial charge in [0.1, 0.15) is 0 Å². The number of nitrogens with one attached hydrogen (secondary N) is 1. The first-order valence-electron chi connectivity index (χ1n) is 7.10. The topological polar surface area (TPSA) is 32.3 Å². The predicted molar refractivity (Wildman–Crippen MR) is 69.5 cm³/mol. The second kappa shape index (κ2) is 8.08. The average Bonchev–Trinajstić information content (AvgIpc) is 2.27. The molecule has 3 unspecified atom stereocenters. The van der Waals surface area contributed by atoms with Gasteiger partial charge in [0.05, 0.1) is 0 Å². The Bertz CT molecular complexity index is 161. The lowest BCUT2D eigenvalue weighted by Gasteiger charge is -2.29. The van der Waals surface area contributed by atoms with Gasteiger partial charge >= 0.3 is 0 Å². The standard InChI is InChI=1S/C14H29NO/c1-3-5-13(8-9-16)11-15-14-7-4-6-12(2)10-14/h12-16H,3-11H2,1-2H3. The van der Waals surface area contributed by atoms with E-state index in [9.17, 15) is 0 Å². The van der Waals surface area contributed by atoms with Crippen molar-refractivity contribution in [2.75, 3.05) is 13.2 Å². The van der Waals surface area contributed by atoms with Crippen molar-refractivity contribution >= 4 is 0 Å². The van der Waals surface area contributed by atoms with Crippen molar-refractivity contribution in [2.24, 2.45) is 11.8 Å². The van der Waals surface area contributed by atoms with Crippen LogP contribution in [0.2, 0.25) is 0 Å². The van der Waals surface area contributed by atoms with E-state index in [0.29, 0.717) is 12.5 Å². The summed E-state index contributed by atoms with van der Waals surface area (Å²) in [5.74, 6) is 1.57. The number of aliphatic hydroxyl groups is 1. The van der Waals surface area contributed by atoms with Crippen molar-refractivity contribution in [1.29, 1.82) is 0 Å². The zero-order chi connectivity index (χ0) is 11.8. The maximum atomic E-state index is 9.01. The van der Waals surface area contributed by atoms with E-state index in [1.165, 1.54) is 38.5 Å². The summed E-state index contributed by atoms with van der Waals surface area (Å²) in [4.78, 5) is 0. The number of aliphatic hydroxyl groups excluding tert-OH is 1. The lowest BCUT2D eigenvalue weighted by atomic mass is 9.86. The van der Waals surface area contributed by atoms with Gasteiger partial charge in [-0.2, -0.15) is 0 Å². The van der Waals surface area contributed by atoms with Gasteiger partial charge in [-0.05, 0) is 44.1 Å². The van der Waals surface area contributed by atoms with E-state index in [0.717, 1.165) is 24.9 Å². The lowest BCUT2D eigenvalue weighted by Crippen LogP contribution is -2.36. The molecule has 0 saturated heterocycles. The fourth-order valence-corrected chi connectivity index (χ4v) is 2.89. The SMILES string of the molecule is CCCC(CCO)CNC1CCCC(C)C1. The quantitative estimate of drug-likeness (QED) is 0.701. The van der Waals surface area contributed by atoms with Crippen molar-refractivity contribution in [1.82, 2.24) is 5.32 Å². The van der Waals surface area contributed by atoms with Crippen LogP contribution in [-0.4, -0.2) is 24.3 Å². The van der Waals surface area contributed by atoms with Crippen LogP contribution in [0.4, 0.5) is 0 Å². The molecule has 0 heterocycles. The summed E-state index contributed by atoms with van der Waals surface area (Å²) in [5.41, 5.74) is 0. The van der Waals surface area contributed by atoms with Gasteiger partial charge in [0.25, 0.3) is 0 Å². The molecule has 3 atom stereocenters. The Hall–Kier alpha value is -0.0800. The van der Waals surface area contributed by atoms with E-state index in [4.69, 9.17) is 5.11 Å². The van der Waals surface area contributed by atoms with Gasteiger partial charge in [-0.15, -0.1) is 0 Å². The molecule has 0 aliphatic heterocycles. The molecule has 0 aromatic heterocycles. The molecule has 2 N–H and O–H groups in total. The van der Waals surface area contributed by atoms with Crippen molar-refractivity contribution in [3.63, 3.8) is 0 Å². The molecule has 0 spiro atoms. The molecule has 1 saturated carbocycles. The van der Waals surface area contributed by atoms with Crippen molar-refractivity contribution in [3.05, 3.63) is 0 Å². The van der Waals surface area contributed by atoms with Gasteiger partial charge in [-0.25, -0.2) is 0 Å². The largest absolute Gasteiger partial charge is 0.396 e. The van der Waals surface area contributed by atoms with E-state index in [1.807, 2.05) is 0 Å². The summed E-state index contributed by atoms with van der Waals surface area (Å²) >= 11 is 0. The van der Waals surface area contributed by atoms with Crippen LogP contribution < -0.4 is 5.32 Å². The molecule has 0 bridgehead atoms. The van der Waals surface area contributed by atoms with Crippen molar-refractivity contribution in [3.8, 4) is 0 Å². The van der Waals surface area contributed by atoms with Gasteiger partial charge in [0.15, 0.2) is 0 Å². The van der Waals surface area contributed by atoms with Gasteiger partial charge in [-0.3, -0.25) is 0 Å². The summed E-state index contributed by atoms with van der Waals surface area (Å²) in [6.45, 7) is 6.04. The monoisotopic (exact) mass is 227 g/mol. The summed E-state index contributed by atoms with van der Waals surface area (Å²) in [5, 5.41) is 12.7. The lowest BCUT2D eigenvalue weighted by molar-refractivity contribution is 0.234. The molecular formula is C14H29NO. The summed E-state index contributed by atoms with van der Waals surface area (Å²) in [6.07, 6.45) is 8.93. The van der Waals surface area contributed by atoms with E-state index in [1.54, 1.807) is 0 Å². The molecule has 1 aliphatic carbocycles.